The van der Waals surface area contributed by atoms with E-state index >= 15 is 0 Å². The fraction of sp³-hybridized carbons (Fsp3) is 0.800. The van der Waals surface area contributed by atoms with Gasteiger partial charge in [0.1, 0.15) is 17.0 Å². The third-order valence-electron chi connectivity index (χ3n) is 4.88. The Kier molecular flexibility index (Phi) is 17.5. The maximum absolute atomic E-state index is 11.8. The smallest absolute Gasteiger partial charge is 0.407 e. The van der Waals surface area contributed by atoms with Gasteiger partial charge in [-0.05, 0) is 33.6 Å². The summed E-state index contributed by atoms with van der Waals surface area (Å²) in [5.41, 5.74) is -0.851. The van der Waals surface area contributed by atoms with Crippen LogP contribution in [0.2, 0.25) is 0 Å². The van der Waals surface area contributed by atoms with Crippen molar-refractivity contribution < 1.29 is 33.6 Å². The highest BCUT2D eigenvalue weighted by molar-refractivity contribution is 5.73. The Hall–Kier alpha value is -2.25. The standard InChI is InChI=1S/C25H45N3O9/c1-25(2,3)37-24(32)28-10-13-34-15-17-36-19-18-35-16-14-33-12-9-27-21-20(22(30)23(21)31)26-8-6-4-5-7-11-29/h26-27,29H,4-19H2,1-3H3,(H,28,32). The van der Waals surface area contributed by atoms with Crippen LogP contribution in [0.4, 0.5) is 16.2 Å². The first kappa shape index (κ1) is 32.8. The number of rotatable bonds is 23. The summed E-state index contributed by atoms with van der Waals surface area (Å²) < 4.78 is 26.8. The number of hydrogen-bond donors (Lipinski definition) is 4. The zero-order valence-corrected chi connectivity index (χ0v) is 22.5. The number of ether oxygens (including phenoxy) is 5. The normalized spacial score (nSPS) is 11.6. The minimum absolute atomic E-state index is 0.193. The van der Waals surface area contributed by atoms with Gasteiger partial charge in [0.25, 0.3) is 10.9 Å². The van der Waals surface area contributed by atoms with Gasteiger partial charge in [0.15, 0.2) is 0 Å². The van der Waals surface area contributed by atoms with Gasteiger partial charge in [-0.15, -0.1) is 0 Å². The Morgan fingerprint density at radius 2 is 1.14 bits per heavy atom. The van der Waals surface area contributed by atoms with E-state index in [1.165, 1.54) is 0 Å². The lowest BCUT2D eigenvalue weighted by Crippen LogP contribution is -2.38. The number of anilines is 2. The van der Waals surface area contributed by atoms with E-state index in [0.29, 0.717) is 83.9 Å². The minimum atomic E-state index is -0.522. The molecule has 1 rings (SSSR count). The average Bonchev–Trinajstić information content (AvgIpc) is 2.84. The first-order chi connectivity index (χ1) is 17.8. The molecule has 0 saturated heterocycles. The highest BCUT2D eigenvalue weighted by Crippen LogP contribution is 2.14. The van der Waals surface area contributed by atoms with Gasteiger partial charge < -0.3 is 44.7 Å². The van der Waals surface area contributed by atoms with E-state index in [4.69, 9.17) is 28.8 Å². The fourth-order valence-electron chi connectivity index (χ4n) is 3.08. The molecule has 214 valence electrons. The predicted octanol–water partition coefficient (Wildman–Crippen LogP) is 1.25. The molecule has 12 heteroatoms. The van der Waals surface area contributed by atoms with Gasteiger partial charge in [-0.2, -0.15) is 0 Å². The summed E-state index contributed by atoms with van der Waals surface area (Å²) in [7, 11) is 0. The maximum Gasteiger partial charge on any atom is 0.407 e. The molecule has 37 heavy (non-hydrogen) atoms. The van der Waals surface area contributed by atoms with Crippen molar-refractivity contribution in [2.45, 2.75) is 52.1 Å². The highest BCUT2D eigenvalue weighted by atomic mass is 16.6. The summed E-state index contributed by atoms with van der Waals surface area (Å²) >= 11 is 0. The van der Waals surface area contributed by atoms with E-state index in [1.54, 1.807) is 20.8 Å². The molecule has 0 bridgehead atoms. The van der Waals surface area contributed by atoms with Gasteiger partial charge in [-0.25, -0.2) is 4.79 Å². The van der Waals surface area contributed by atoms with Crippen LogP contribution < -0.4 is 26.8 Å². The van der Waals surface area contributed by atoms with E-state index in [-0.39, 0.29) is 6.61 Å². The van der Waals surface area contributed by atoms with E-state index < -0.39 is 22.6 Å². The summed E-state index contributed by atoms with van der Waals surface area (Å²) in [6.07, 6.45) is 3.08. The van der Waals surface area contributed by atoms with Crippen LogP contribution >= 0.6 is 0 Å². The Labute approximate surface area is 219 Å². The number of carbonyl (C=O) groups excluding carboxylic acids is 1. The molecule has 0 heterocycles. The van der Waals surface area contributed by atoms with Crippen LogP contribution in [0.1, 0.15) is 46.5 Å². The van der Waals surface area contributed by atoms with Gasteiger partial charge in [0.2, 0.25) is 0 Å². The number of nitrogens with one attached hydrogen (secondary N) is 3. The van der Waals surface area contributed by atoms with Crippen LogP contribution in [-0.2, 0) is 23.7 Å². The molecule has 0 aliphatic rings. The summed E-state index contributed by atoms with van der Waals surface area (Å²) in [5.74, 6) is 0. The highest BCUT2D eigenvalue weighted by Gasteiger charge is 2.19. The molecular formula is C25H45N3O9. The van der Waals surface area contributed by atoms with Gasteiger partial charge in [0, 0.05) is 26.2 Å². The molecule has 0 atom stereocenters. The number of carbonyl (C=O) groups is 1. The average molecular weight is 532 g/mol. The number of hydrogen-bond acceptors (Lipinski definition) is 11. The second kappa shape index (κ2) is 19.8. The van der Waals surface area contributed by atoms with Crippen LogP contribution in [0.25, 0.3) is 0 Å². The molecule has 0 radical (unpaired) electrons. The van der Waals surface area contributed by atoms with Crippen molar-refractivity contribution in [2.75, 3.05) is 89.7 Å². The SMILES string of the molecule is CC(C)(C)OC(=O)NCCOCCOCCOCCOCCNc1c(NCCCCCCO)c(=O)c1=O. The zero-order valence-electron chi connectivity index (χ0n) is 22.5. The molecular weight excluding hydrogens is 486 g/mol. The maximum atomic E-state index is 11.8. The van der Waals surface area contributed by atoms with Crippen molar-refractivity contribution in [3.05, 3.63) is 20.4 Å². The van der Waals surface area contributed by atoms with Crippen LogP contribution in [0.3, 0.4) is 0 Å². The Balaban J connectivity index is 1.90. The number of aliphatic hydroxyl groups is 1. The predicted molar refractivity (Wildman–Crippen MR) is 141 cm³/mol. The Bertz CT molecular complexity index is 804. The van der Waals surface area contributed by atoms with Crippen molar-refractivity contribution >= 4 is 17.5 Å². The van der Waals surface area contributed by atoms with Crippen molar-refractivity contribution in [3.63, 3.8) is 0 Å². The largest absolute Gasteiger partial charge is 0.444 e. The first-order valence-corrected chi connectivity index (χ1v) is 13.0. The van der Waals surface area contributed by atoms with Crippen molar-refractivity contribution in [2.24, 2.45) is 0 Å². The number of aliphatic hydroxyl groups excluding tert-OH is 1. The van der Waals surface area contributed by atoms with Gasteiger partial charge >= 0.3 is 6.09 Å². The lowest BCUT2D eigenvalue weighted by molar-refractivity contribution is -0.000795. The quantitative estimate of drug-likeness (QED) is 0.119. The monoisotopic (exact) mass is 531 g/mol. The van der Waals surface area contributed by atoms with Crippen LogP contribution in [0, 0.1) is 0 Å². The molecule has 0 saturated carbocycles. The van der Waals surface area contributed by atoms with Crippen LogP contribution in [0.5, 0.6) is 0 Å². The van der Waals surface area contributed by atoms with E-state index in [0.717, 1.165) is 25.7 Å². The third-order valence-corrected chi connectivity index (χ3v) is 4.88. The lowest BCUT2D eigenvalue weighted by Gasteiger charge is -2.19. The second-order valence-corrected chi connectivity index (χ2v) is 9.28. The molecule has 0 unspecified atom stereocenters. The molecule has 1 amide bonds. The molecule has 1 aromatic carbocycles. The molecule has 12 nitrogen and oxygen atoms in total. The first-order valence-electron chi connectivity index (χ1n) is 13.0. The van der Waals surface area contributed by atoms with Crippen molar-refractivity contribution in [3.8, 4) is 0 Å². The van der Waals surface area contributed by atoms with Gasteiger partial charge in [0.05, 0.1) is 52.9 Å². The summed E-state index contributed by atoms with van der Waals surface area (Å²) in [5, 5.41) is 17.4. The van der Waals surface area contributed by atoms with Crippen LogP contribution in [-0.4, -0.2) is 95.9 Å². The molecule has 1 aromatic rings. The minimum Gasteiger partial charge on any atom is -0.444 e. The molecule has 0 aromatic heterocycles. The molecule has 0 aliphatic carbocycles. The third kappa shape index (κ3) is 16.3. The molecule has 0 fully saturated rings. The molecule has 0 spiro atoms. The Morgan fingerprint density at radius 3 is 1.65 bits per heavy atom. The summed E-state index contributed by atoms with van der Waals surface area (Å²) in [6.45, 7) is 10.3. The topological polar surface area (TPSA) is 154 Å². The summed E-state index contributed by atoms with van der Waals surface area (Å²) in [4.78, 5) is 34.9. The van der Waals surface area contributed by atoms with E-state index in [2.05, 4.69) is 16.0 Å². The number of amides is 1. The summed E-state index contributed by atoms with van der Waals surface area (Å²) in [6, 6.07) is 0. The van der Waals surface area contributed by atoms with Crippen LogP contribution in [0.15, 0.2) is 9.59 Å². The zero-order chi connectivity index (χ0) is 27.4. The van der Waals surface area contributed by atoms with E-state index in [1.807, 2.05) is 0 Å². The molecule has 0 aliphatic heterocycles. The van der Waals surface area contributed by atoms with Gasteiger partial charge in [-0.3, -0.25) is 9.59 Å². The van der Waals surface area contributed by atoms with Crippen molar-refractivity contribution in [1.82, 2.24) is 5.32 Å². The number of unbranched alkanes of at least 4 members (excludes halogenated alkanes) is 3. The fourth-order valence-corrected chi connectivity index (χ4v) is 3.08. The van der Waals surface area contributed by atoms with E-state index in [9.17, 15) is 14.4 Å². The van der Waals surface area contributed by atoms with Crippen molar-refractivity contribution in [1.29, 1.82) is 0 Å². The molecule has 4 N–H and O–H groups in total. The second-order valence-electron chi connectivity index (χ2n) is 9.28. The number of alkyl carbamates (subject to hydrolysis) is 1. The lowest BCUT2D eigenvalue weighted by atomic mass is 10.1. The van der Waals surface area contributed by atoms with Gasteiger partial charge in [-0.1, -0.05) is 12.8 Å². The Morgan fingerprint density at radius 1 is 0.676 bits per heavy atom.